The van der Waals surface area contributed by atoms with E-state index in [9.17, 15) is 4.79 Å². The fourth-order valence-electron chi connectivity index (χ4n) is 2.98. The van der Waals surface area contributed by atoms with Crippen molar-refractivity contribution in [3.05, 3.63) is 29.8 Å². The number of nitrogens with one attached hydrogen (secondary N) is 3. The summed E-state index contributed by atoms with van der Waals surface area (Å²) in [6, 6.07) is 8.30. The molecule has 5 nitrogen and oxygen atoms in total. The number of carbonyl (C=O) groups excluding carboxylic acids is 1. The smallest absolute Gasteiger partial charge is 0.251 e. The van der Waals surface area contributed by atoms with Crippen LogP contribution in [-0.2, 0) is 0 Å². The molecule has 3 rings (SSSR count). The second-order valence-electron chi connectivity index (χ2n) is 5.78. The van der Waals surface area contributed by atoms with Gasteiger partial charge >= 0.3 is 0 Å². The third-order valence-corrected chi connectivity index (χ3v) is 4.29. The highest BCUT2D eigenvalue weighted by molar-refractivity contribution is 5.94. The Morgan fingerprint density at radius 3 is 2.29 bits per heavy atom. The molecule has 0 atom stereocenters. The van der Waals surface area contributed by atoms with E-state index in [1.165, 1.54) is 5.69 Å². The van der Waals surface area contributed by atoms with Crippen molar-refractivity contribution in [2.24, 2.45) is 0 Å². The van der Waals surface area contributed by atoms with Crippen LogP contribution in [0.1, 0.15) is 23.2 Å². The summed E-state index contributed by atoms with van der Waals surface area (Å²) in [6.07, 6.45) is 2.04. The second kappa shape index (κ2) is 6.91. The third kappa shape index (κ3) is 3.74. The number of rotatable bonds is 3. The largest absolute Gasteiger partial charge is 0.369 e. The topological polar surface area (TPSA) is 56.4 Å². The molecule has 0 saturated carbocycles. The van der Waals surface area contributed by atoms with Crippen molar-refractivity contribution in [1.29, 1.82) is 0 Å². The lowest BCUT2D eigenvalue weighted by Gasteiger charge is -2.29. The van der Waals surface area contributed by atoms with Gasteiger partial charge in [-0.25, -0.2) is 0 Å². The first-order valence-corrected chi connectivity index (χ1v) is 7.90. The van der Waals surface area contributed by atoms with Gasteiger partial charge < -0.3 is 20.9 Å². The highest BCUT2D eigenvalue weighted by Crippen LogP contribution is 2.16. The fraction of sp³-hybridized carbons (Fsp3) is 0.562. The van der Waals surface area contributed by atoms with Crippen molar-refractivity contribution in [2.45, 2.75) is 18.9 Å². The number of piperidine rings is 1. The Morgan fingerprint density at radius 2 is 1.62 bits per heavy atom. The first-order chi connectivity index (χ1) is 10.3. The molecule has 0 spiro atoms. The number of anilines is 1. The van der Waals surface area contributed by atoms with E-state index in [0.717, 1.165) is 57.7 Å². The highest BCUT2D eigenvalue weighted by atomic mass is 16.1. The number of hydrogen-bond acceptors (Lipinski definition) is 4. The fourth-order valence-corrected chi connectivity index (χ4v) is 2.98. The normalized spacial score (nSPS) is 20.3. The highest BCUT2D eigenvalue weighted by Gasteiger charge is 2.17. The van der Waals surface area contributed by atoms with Gasteiger partial charge in [0.1, 0.15) is 0 Å². The van der Waals surface area contributed by atoms with E-state index in [1.54, 1.807) is 0 Å². The zero-order chi connectivity index (χ0) is 14.5. The van der Waals surface area contributed by atoms with Gasteiger partial charge in [-0.05, 0) is 50.2 Å². The Hall–Kier alpha value is -1.59. The number of carbonyl (C=O) groups is 1. The van der Waals surface area contributed by atoms with Gasteiger partial charge in [0, 0.05) is 43.5 Å². The average molecular weight is 288 g/mol. The SMILES string of the molecule is O=C(NC1CCNCC1)c1ccc(N2CCNCC2)cc1. The summed E-state index contributed by atoms with van der Waals surface area (Å²) in [5.74, 6) is 0.0498. The first kappa shape index (κ1) is 14.4. The van der Waals surface area contributed by atoms with E-state index in [0.29, 0.717) is 6.04 Å². The first-order valence-electron chi connectivity index (χ1n) is 7.90. The molecule has 1 aromatic carbocycles. The number of piperazine rings is 1. The average Bonchev–Trinajstić information content (AvgIpc) is 2.57. The van der Waals surface area contributed by atoms with Gasteiger partial charge in [-0.15, -0.1) is 0 Å². The number of nitrogens with zero attached hydrogens (tertiary/aromatic N) is 1. The lowest BCUT2D eigenvalue weighted by molar-refractivity contribution is 0.0929. The van der Waals surface area contributed by atoms with E-state index >= 15 is 0 Å². The van der Waals surface area contributed by atoms with Crippen molar-refractivity contribution in [3.63, 3.8) is 0 Å². The minimum atomic E-state index is 0.0498. The maximum atomic E-state index is 12.2. The van der Waals surface area contributed by atoms with Crippen molar-refractivity contribution in [3.8, 4) is 0 Å². The number of benzene rings is 1. The molecule has 0 aliphatic carbocycles. The molecule has 1 aromatic rings. The maximum absolute atomic E-state index is 12.2. The molecule has 21 heavy (non-hydrogen) atoms. The molecule has 0 unspecified atom stereocenters. The molecule has 1 amide bonds. The Morgan fingerprint density at radius 1 is 1.00 bits per heavy atom. The van der Waals surface area contributed by atoms with Crippen molar-refractivity contribution in [1.82, 2.24) is 16.0 Å². The van der Waals surface area contributed by atoms with Crippen LogP contribution in [0.4, 0.5) is 5.69 Å². The van der Waals surface area contributed by atoms with Crippen LogP contribution in [0.5, 0.6) is 0 Å². The molecule has 5 heteroatoms. The molecule has 0 radical (unpaired) electrons. The maximum Gasteiger partial charge on any atom is 0.251 e. The van der Waals surface area contributed by atoms with Gasteiger partial charge in [-0.1, -0.05) is 0 Å². The van der Waals surface area contributed by atoms with Gasteiger partial charge in [0.05, 0.1) is 0 Å². The summed E-state index contributed by atoms with van der Waals surface area (Å²) in [6.45, 7) is 6.09. The van der Waals surface area contributed by atoms with Crippen molar-refractivity contribution in [2.75, 3.05) is 44.2 Å². The molecule has 2 heterocycles. The molecule has 0 aromatic heterocycles. The monoisotopic (exact) mass is 288 g/mol. The van der Waals surface area contributed by atoms with Gasteiger partial charge in [0.15, 0.2) is 0 Å². The Bertz CT molecular complexity index is 462. The summed E-state index contributed by atoms with van der Waals surface area (Å²) in [4.78, 5) is 14.6. The number of hydrogen-bond donors (Lipinski definition) is 3. The molecular weight excluding hydrogens is 264 g/mol. The lowest BCUT2D eigenvalue weighted by Crippen LogP contribution is -2.43. The minimum absolute atomic E-state index is 0.0498. The minimum Gasteiger partial charge on any atom is -0.369 e. The van der Waals surface area contributed by atoms with E-state index in [-0.39, 0.29) is 5.91 Å². The van der Waals surface area contributed by atoms with Crippen LogP contribution < -0.4 is 20.9 Å². The zero-order valence-corrected chi connectivity index (χ0v) is 12.4. The van der Waals surface area contributed by atoms with Crippen LogP contribution in [0.2, 0.25) is 0 Å². The predicted octanol–water partition coefficient (Wildman–Crippen LogP) is 0.578. The molecular formula is C16H24N4O. The summed E-state index contributed by atoms with van der Waals surface area (Å²) >= 11 is 0. The van der Waals surface area contributed by atoms with E-state index in [2.05, 4.69) is 33.0 Å². The Balaban J connectivity index is 1.58. The summed E-state index contributed by atoms with van der Waals surface area (Å²) in [7, 11) is 0. The Kier molecular flexibility index (Phi) is 4.72. The van der Waals surface area contributed by atoms with Crippen LogP contribution >= 0.6 is 0 Å². The van der Waals surface area contributed by atoms with Crippen LogP contribution in [-0.4, -0.2) is 51.2 Å². The lowest BCUT2D eigenvalue weighted by atomic mass is 10.1. The van der Waals surface area contributed by atoms with E-state index in [4.69, 9.17) is 0 Å². The third-order valence-electron chi connectivity index (χ3n) is 4.29. The molecule has 2 saturated heterocycles. The standard InChI is InChI=1S/C16H24N4O/c21-16(19-14-5-7-17-8-6-14)13-1-3-15(4-2-13)20-11-9-18-10-12-20/h1-4,14,17-18H,5-12H2,(H,19,21). The molecule has 114 valence electrons. The predicted molar refractivity (Wildman–Crippen MR) is 84.9 cm³/mol. The van der Waals surface area contributed by atoms with Gasteiger partial charge in [-0.3, -0.25) is 4.79 Å². The Labute approximate surface area is 126 Å². The zero-order valence-electron chi connectivity index (χ0n) is 12.4. The summed E-state index contributed by atoms with van der Waals surface area (Å²) in [5, 5.41) is 9.79. The second-order valence-corrected chi connectivity index (χ2v) is 5.78. The van der Waals surface area contributed by atoms with Gasteiger partial charge in [0.2, 0.25) is 0 Å². The number of amides is 1. The summed E-state index contributed by atoms with van der Waals surface area (Å²) < 4.78 is 0. The van der Waals surface area contributed by atoms with Crippen LogP contribution in [0.3, 0.4) is 0 Å². The summed E-state index contributed by atoms with van der Waals surface area (Å²) in [5.41, 5.74) is 1.96. The van der Waals surface area contributed by atoms with Gasteiger partial charge in [0.25, 0.3) is 5.91 Å². The van der Waals surface area contributed by atoms with Gasteiger partial charge in [-0.2, -0.15) is 0 Å². The van der Waals surface area contributed by atoms with Crippen molar-refractivity contribution < 1.29 is 4.79 Å². The van der Waals surface area contributed by atoms with E-state index < -0.39 is 0 Å². The van der Waals surface area contributed by atoms with Crippen molar-refractivity contribution >= 4 is 11.6 Å². The molecule has 2 aliphatic rings. The van der Waals surface area contributed by atoms with E-state index in [1.807, 2.05) is 12.1 Å². The van der Waals surface area contributed by atoms with Crippen LogP contribution in [0.25, 0.3) is 0 Å². The van der Waals surface area contributed by atoms with Crippen LogP contribution in [0.15, 0.2) is 24.3 Å². The molecule has 2 aliphatic heterocycles. The van der Waals surface area contributed by atoms with Crippen LogP contribution in [0, 0.1) is 0 Å². The quantitative estimate of drug-likeness (QED) is 0.761. The molecule has 2 fully saturated rings. The molecule has 0 bridgehead atoms. The molecule has 3 N–H and O–H groups in total.